The summed E-state index contributed by atoms with van der Waals surface area (Å²) in [7, 11) is 0. The van der Waals surface area contributed by atoms with E-state index in [4.69, 9.17) is 4.98 Å². The number of β-amino-alcohol motifs (C(OH)–C–C–N with tert-alkyl or cyclic N) is 1. The maximum absolute atomic E-state index is 14.3. The van der Waals surface area contributed by atoms with Crippen molar-refractivity contribution in [2.24, 2.45) is 0 Å². The molecule has 9 heteroatoms. The van der Waals surface area contributed by atoms with Crippen LogP contribution in [0.3, 0.4) is 0 Å². The van der Waals surface area contributed by atoms with Crippen LogP contribution in [0.4, 0.5) is 15.0 Å². The zero-order chi connectivity index (χ0) is 25.3. The van der Waals surface area contributed by atoms with Gasteiger partial charge in [0, 0.05) is 43.5 Å². The van der Waals surface area contributed by atoms with Gasteiger partial charge in [-0.05, 0) is 55.5 Å². The number of aromatic amines is 1. The van der Waals surface area contributed by atoms with Crippen LogP contribution < -0.4 is 4.90 Å². The summed E-state index contributed by atoms with van der Waals surface area (Å²) in [6.07, 6.45) is 5.92. The number of anilines is 1. The maximum atomic E-state index is 14.3. The Hall–Kier alpha value is -3.30. The molecule has 2 aliphatic heterocycles. The highest BCUT2D eigenvalue weighted by molar-refractivity contribution is 5.94. The number of piperidine rings is 1. The molecule has 0 saturated carbocycles. The van der Waals surface area contributed by atoms with Crippen LogP contribution in [-0.2, 0) is 13.0 Å². The van der Waals surface area contributed by atoms with Gasteiger partial charge in [-0.15, -0.1) is 0 Å². The molecular formula is C27H33FN6O2. The van der Waals surface area contributed by atoms with Crippen molar-refractivity contribution < 1.29 is 14.3 Å². The number of benzene rings is 1. The fraction of sp³-hybridized carbons (Fsp3) is 0.444. The second-order valence-corrected chi connectivity index (χ2v) is 9.77. The lowest BCUT2D eigenvalue weighted by molar-refractivity contribution is 0.0639. The average Bonchev–Trinajstić information content (AvgIpc) is 3.51. The van der Waals surface area contributed by atoms with Crippen molar-refractivity contribution in [1.82, 2.24) is 25.0 Å². The van der Waals surface area contributed by atoms with Gasteiger partial charge in [-0.1, -0.05) is 19.1 Å². The zero-order valence-corrected chi connectivity index (χ0v) is 20.9. The van der Waals surface area contributed by atoms with Crippen molar-refractivity contribution in [2.75, 3.05) is 37.7 Å². The Morgan fingerprint density at radius 2 is 2.00 bits per heavy atom. The predicted octanol–water partition coefficient (Wildman–Crippen LogP) is 3.75. The van der Waals surface area contributed by atoms with Gasteiger partial charge < -0.3 is 14.9 Å². The van der Waals surface area contributed by atoms with E-state index >= 15 is 0 Å². The second kappa shape index (κ2) is 9.99. The molecule has 4 heterocycles. The fourth-order valence-electron chi connectivity index (χ4n) is 5.54. The highest BCUT2D eigenvalue weighted by Gasteiger charge is 2.51. The smallest absolute Gasteiger partial charge is 0.326 e. The lowest BCUT2D eigenvalue weighted by Crippen LogP contribution is -2.54. The first-order valence-electron chi connectivity index (χ1n) is 12.6. The second-order valence-electron chi connectivity index (χ2n) is 9.77. The lowest BCUT2D eigenvalue weighted by atomic mass is 9.86. The molecular weight excluding hydrogens is 459 g/mol. The van der Waals surface area contributed by atoms with Crippen LogP contribution in [0.1, 0.15) is 36.6 Å². The first kappa shape index (κ1) is 24.4. The summed E-state index contributed by atoms with van der Waals surface area (Å²) in [5, 5.41) is 16.3. The van der Waals surface area contributed by atoms with E-state index in [1.54, 1.807) is 24.1 Å². The van der Waals surface area contributed by atoms with E-state index in [0.717, 1.165) is 54.7 Å². The number of aromatic nitrogens is 3. The summed E-state index contributed by atoms with van der Waals surface area (Å²) in [4.78, 5) is 24.8. The van der Waals surface area contributed by atoms with Gasteiger partial charge in [-0.3, -0.25) is 10.00 Å². The van der Waals surface area contributed by atoms with E-state index in [1.807, 2.05) is 29.3 Å². The molecule has 36 heavy (non-hydrogen) atoms. The number of aryl methyl sites for hydroxylation is 1. The average molecular weight is 493 g/mol. The van der Waals surface area contributed by atoms with Crippen LogP contribution >= 0.6 is 0 Å². The monoisotopic (exact) mass is 492 g/mol. The van der Waals surface area contributed by atoms with Crippen molar-refractivity contribution in [3.05, 3.63) is 65.4 Å². The Labute approximate surface area is 210 Å². The number of nitrogens with zero attached hydrogens (tertiary/aromatic N) is 5. The van der Waals surface area contributed by atoms with Crippen LogP contribution in [0.2, 0.25) is 0 Å². The van der Waals surface area contributed by atoms with Gasteiger partial charge in [-0.2, -0.15) is 5.10 Å². The number of halogens is 1. The molecule has 2 saturated heterocycles. The number of rotatable bonds is 7. The van der Waals surface area contributed by atoms with Crippen LogP contribution in [0, 0.1) is 12.7 Å². The highest BCUT2D eigenvalue weighted by atomic mass is 19.1. The molecule has 0 atom stereocenters. The Bertz CT molecular complexity index is 1220. The number of aliphatic hydroxyl groups is 1. The molecule has 190 valence electrons. The maximum Gasteiger partial charge on any atom is 0.326 e. The standard InChI is InChI=1S/C27H33FN6O2/c1-3-24-22(21-15-29-30-16-21)7-8-25(31-24)33-18-27(9-11-32(12-10-27)13-14-35)34(26(33)36)17-20-5-4-6-23(28)19(20)2/h4-8,15-16,35H,3,9-14,17-18H2,1-2H3,(H,29,30). The summed E-state index contributed by atoms with van der Waals surface area (Å²) < 4.78 is 14.3. The van der Waals surface area contributed by atoms with Crippen molar-refractivity contribution >= 4 is 11.8 Å². The van der Waals surface area contributed by atoms with Crippen LogP contribution in [0.5, 0.6) is 0 Å². The van der Waals surface area contributed by atoms with Crippen molar-refractivity contribution in [2.45, 2.75) is 45.2 Å². The van der Waals surface area contributed by atoms with Crippen molar-refractivity contribution in [3.8, 4) is 11.1 Å². The SMILES string of the molecule is CCc1nc(N2CC3(CCN(CCO)CC3)N(Cc3cccc(F)c3C)C2=O)ccc1-c1cn[nH]c1. The number of carbonyl (C=O) groups is 1. The van der Waals surface area contributed by atoms with E-state index in [0.29, 0.717) is 31.0 Å². The molecule has 2 aliphatic rings. The normalized spacial score (nSPS) is 17.9. The Morgan fingerprint density at radius 1 is 1.19 bits per heavy atom. The van der Waals surface area contributed by atoms with Crippen molar-refractivity contribution in [3.63, 3.8) is 0 Å². The molecule has 2 amide bonds. The third kappa shape index (κ3) is 4.37. The summed E-state index contributed by atoms with van der Waals surface area (Å²) in [6, 6.07) is 8.88. The number of hydrogen-bond donors (Lipinski definition) is 2. The number of pyridine rings is 1. The molecule has 0 unspecified atom stereocenters. The Kier molecular flexibility index (Phi) is 6.77. The summed E-state index contributed by atoms with van der Waals surface area (Å²) >= 11 is 0. The number of amides is 2. The molecule has 1 spiro atoms. The summed E-state index contributed by atoms with van der Waals surface area (Å²) in [5.41, 5.74) is 3.90. The van der Waals surface area contributed by atoms with Crippen molar-refractivity contribution in [1.29, 1.82) is 0 Å². The first-order chi connectivity index (χ1) is 17.5. The zero-order valence-electron chi connectivity index (χ0n) is 20.9. The number of likely N-dealkylation sites (tertiary alicyclic amines) is 1. The van der Waals surface area contributed by atoms with Gasteiger partial charge in [0.1, 0.15) is 11.6 Å². The number of urea groups is 1. The van der Waals surface area contributed by atoms with Crippen LogP contribution in [-0.4, -0.2) is 74.4 Å². The van der Waals surface area contributed by atoms with Gasteiger partial charge in [0.15, 0.2) is 0 Å². The van der Waals surface area contributed by atoms with E-state index in [2.05, 4.69) is 22.0 Å². The van der Waals surface area contributed by atoms with E-state index in [9.17, 15) is 14.3 Å². The number of carbonyl (C=O) groups excluding carboxylic acids is 1. The molecule has 2 N–H and O–H groups in total. The third-order valence-corrected chi connectivity index (χ3v) is 7.78. The Balaban J connectivity index is 1.48. The number of nitrogens with one attached hydrogen (secondary N) is 1. The lowest BCUT2D eigenvalue weighted by Gasteiger charge is -2.43. The van der Waals surface area contributed by atoms with Crippen LogP contribution in [0.15, 0.2) is 42.7 Å². The van der Waals surface area contributed by atoms with E-state index in [-0.39, 0.29) is 24.0 Å². The Morgan fingerprint density at radius 3 is 2.69 bits per heavy atom. The quantitative estimate of drug-likeness (QED) is 0.525. The molecule has 3 aromatic rings. The number of hydrogen-bond acceptors (Lipinski definition) is 5. The summed E-state index contributed by atoms with van der Waals surface area (Å²) in [5.74, 6) is 0.381. The molecule has 5 rings (SSSR count). The highest BCUT2D eigenvalue weighted by Crippen LogP contribution is 2.40. The van der Waals surface area contributed by atoms with E-state index in [1.165, 1.54) is 6.07 Å². The van der Waals surface area contributed by atoms with E-state index < -0.39 is 0 Å². The minimum Gasteiger partial charge on any atom is -0.395 e. The van der Waals surface area contributed by atoms with Gasteiger partial charge in [0.05, 0.1) is 30.6 Å². The number of aliphatic hydroxyl groups excluding tert-OH is 1. The first-order valence-corrected chi connectivity index (χ1v) is 12.6. The minimum absolute atomic E-state index is 0.0973. The molecule has 0 radical (unpaired) electrons. The topological polar surface area (TPSA) is 88.6 Å². The molecule has 0 bridgehead atoms. The summed E-state index contributed by atoms with van der Waals surface area (Å²) in [6.45, 7) is 7.06. The fourth-order valence-corrected chi connectivity index (χ4v) is 5.54. The van der Waals surface area contributed by atoms with Gasteiger partial charge in [0.25, 0.3) is 0 Å². The predicted molar refractivity (Wildman–Crippen MR) is 136 cm³/mol. The number of H-pyrrole nitrogens is 1. The minimum atomic E-state index is -0.376. The molecule has 8 nitrogen and oxygen atoms in total. The largest absolute Gasteiger partial charge is 0.395 e. The van der Waals surface area contributed by atoms with Gasteiger partial charge in [0.2, 0.25) is 0 Å². The third-order valence-electron chi connectivity index (χ3n) is 7.78. The molecule has 2 fully saturated rings. The molecule has 0 aliphatic carbocycles. The molecule has 2 aromatic heterocycles. The van der Waals surface area contributed by atoms with Crippen LogP contribution in [0.25, 0.3) is 11.1 Å². The molecule has 1 aromatic carbocycles. The van der Waals surface area contributed by atoms with Gasteiger partial charge >= 0.3 is 6.03 Å². The van der Waals surface area contributed by atoms with Gasteiger partial charge in [-0.25, -0.2) is 14.2 Å².